The number of carbonyl (C=O) groups is 1. The summed E-state index contributed by atoms with van der Waals surface area (Å²) in [5.41, 5.74) is 1.45. The van der Waals surface area contributed by atoms with Gasteiger partial charge in [0.15, 0.2) is 0 Å². The largest absolute Gasteiger partial charge is 0.379 e. The summed E-state index contributed by atoms with van der Waals surface area (Å²) in [6.45, 7) is 8.40. The number of hydrogen-bond donors (Lipinski definition) is 1. The molecule has 1 amide bonds. The lowest BCUT2D eigenvalue weighted by Crippen LogP contribution is -2.42. The minimum absolute atomic E-state index is 0.185. The Morgan fingerprint density at radius 3 is 2.42 bits per heavy atom. The molecule has 144 valence electrons. The van der Waals surface area contributed by atoms with E-state index in [1.54, 1.807) is 0 Å². The van der Waals surface area contributed by atoms with Gasteiger partial charge in [-0.15, -0.1) is 0 Å². The topological polar surface area (TPSA) is 44.8 Å². The van der Waals surface area contributed by atoms with Gasteiger partial charge in [0.25, 0.3) is 0 Å². The minimum atomic E-state index is 0.185. The highest BCUT2D eigenvalue weighted by Crippen LogP contribution is 2.21. The molecule has 2 fully saturated rings. The van der Waals surface area contributed by atoms with Gasteiger partial charge in [-0.25, -0.2) is 0 Å². The summed E-state index contributed by atoms with van der Waals surface area (Å²) >= 11 is 0. The van der Waals surface area contributed by atoms with Gasteiger partial charge >= 0.3 is 0 Å². The van der Waals surface area contributed by atoms with Gasteiger partial charge in [0.1, 0.15) is 0 Å². The van der Waals surface area contributed by atoms with E-state index in [1.165, 1.54) is 24.8 Å². The molecule has 5 heteroatoms. The number of piperidine rings is 1. The van der Waals surface area contributed by atoms with Crippen LogP contribution in [0, 0.1) is 5.92 Å². The summed E-state index contributed by atoms with van der Waals surface area (Å²) in [6, 6.07) is 10.8. The van der Waals surface area contributed by atoms with Gasteiger partial charge < -0.3 is 15.0 Å². The number of ether oxygens (including phenoxy) is 1. The van der Waals surface area contributed by atoms with Crippen molar-refractivity contribution in [3.8, 4) is 0 Å². The first-order valence-corrected chi connectivity index (χ1v) is 10.1. The number of benzene rings is 1. The first kappa shape index (κ1) is 19.3. The number of carbonyl (C=O) groups excluding carboxylic acids is 1. The molecule has 1 aromatic rings. The van der Waals surface area contributed by atoms with Crippen molar-refractivity contribution in [2.45, 2.75) is 25.7 Å². The SMILES string of the molecule is O=C(CCN1CCC(Cc2ccccc2)CC1)NCCN1CCOCC1. The lowest BCUT2D eigenvalue weighted by Gasteiger charge is -2.32. The van der Waals surface area contributed by atoms with Crippen LogP contribution in [0.4, 0.5) is 0 Å². The molecule has 0 unspecified atom stereocenters. The predicted octanol–water partition coefficient (Wildman–Crippen LogP) is 1.78. The average molecular weight is 360 g/mol. The van der Waals surface area contributed by atoms with E-state index >= 15 is 0 Å². The number of morpholine rings is 1. The highest BCUT2D eigenvalue weighted by molar-refractivity contribution is 5.76. The second kappa shape index (κ2) is 10.7. The molecule has 2 aliphatic heterocycles. The van der Waals surface area contributed by atoms with E-state index in [4.69, 9.17) is 4.74 Å². The van der Waals surface area contributed by atoms with E-state index in [9.17, 15) is 4.79 Å². The first-order valence-electron chi connectivity index (χ1n) is 10.1. The molecule has 5 nitrogen and oxygen atoms in total. The van der Waals surface area contributed by atoms with Gasteiger partial charge in [-0.1, -0.05) is 30.3 Å². The molecule has 0 saturated carbocycles. The fourth-order valence-corrected chi connectivity index (χ4v) is 3.89. The van der Waals surface area contributed by atoms with Crippen LogP contribution in [0.3, 0.4) is 0 Å². The van der Waals surface area contributed by atoms with Crippen LogP contribution >= 0.6 is 0 Å². The average Bonchev–Trinajstić information content (AvgIpc) is 2.69. The third kappa shape index (κ3) is 6.71. The number of nitrogens with zero attached hydrogens (tertiary/aromatic N) is 2. The first-order chi connectivity index (χ1) is 12.8. The molecule has 2 heterocycles. The molecule has 0 bridgehead atoms. The molecule has 2 aliphatic rings. The second-order valence-corrected chi connectivity index (χ2v) is 7.53. The molecule has 0 atom stereocenters. The van der Waals surface area contributed by atoms with Gasteiger partial charge in [0.2, 0.25) is 5.91 Å². The fourth-order valence-electron chi connectivity index (χ4n) is 3.89. The van der Waals surface area contributed by atoms with Crippen molar-refractivity contribution >= 4 is 5.91 Å². The Labute approximate surface area is 157 Å². The van der Waals surface area contributed by atoms with Crippen LogP contribution in [0.5, 0.6) is 0 Å². The summed E-state index contributed by atoms with van der Waals surface area (Å²) in [4.78, 5) is 16.8. The molecule has 0 aromatic heterocycles. The van der Waals surface area contributed by atoms with Crippen molar-refractivity contribution in [2.24, 2.45) is 5.92 Å². The van der Waals surface area contributed by atoms with Gasteiger partial charge in [0, 0.05) is 39.1 Å². The lowest BCUT2D eigenvalue weighted by atomic mass is 9.90. The van der Waals surface area contributed by atoms with Gasteiger partial charge in [-0.3, -0.25) is 9.69 Å². The third-order valence-electron chi connectivity index (χ3n) is 5.58. The molecular formula is C21H33N3O2. The Hall–Kier alpha value is -1.43. The van der Waals surface area contributed by atoms with Gasteiger partial charge in [-0.05, 0) is 43.8 Å². The van der Waals surface area contributed by atoms with Crippen molar-refractivity contribution < 1.29 is 9.53 Å². The maximum atomic E-state index is 12.1. The number of hydrogen-bond acceptors (Lipinski definition) is 4. The number of rotatable bonds is 8. The molecule has 0 radical (unpaired) electrons. The zero-order valence-corrected chi connectivity index (χ0v) is 15.9. The van der Waals surface area contributed by atoms with E-state index in [2.05, 4.69) is 45.4 Å². The molecule has 0 aliphatic carbocycles. The summed E-state index contributed by atoms with van der Waals surface area (Å²) in [6.07, 6.45) is 4.30. The molecular weight excluding hydrogens is 326 g/mol. The molecule has 26 heavy (non-hydrogen) atoms. The van der Waals surface area contributed by atoms with Crippen LogP contribution in [0.15, 0.2) is 30.3 Å². The van der Waals surface area contributed by atoms with Crippen LogP contribution in [-0.4, -0.2) is 74.7 Å². The standard InChI is InChI=1S/C21H33N3O2/c25-21(22-9-13-24-14-16-26-17-15-24)8-12-23-10-6-20(7-11-23)18-19-4-2-1-3-5-19/h1-5,20H,6-18H2,(H,22,25). The molecule has 1 aromatic carbocycles. The van der Waals surface area contributed by atoms with E-state index in [1.807, 2.05) is 0 Å². The zero-order valence-electron chi connectivity index (χ0n) is 15.9. The highest BCUT2D eigenvalue weighted by atomic mass is 16.5. The van der Waals surface area contributed by atoms with Crippen LogP contribution in [0.25, 0.3) is 0 Å². The quantitative estimate of drug-likeness (QED) is 0.769. The normalized spacial score (nSPS) is 20.2. The monoisotopic (exact) mass is 359 g/mol. The fraction of sp³-hybridized carbons (Fsp3) is 0.667. The lowest BCUT2D eigenvalue weighted by molar-refractivity contribution is -0.121. The summed E-state index contributed by atoms with van der Waals surface area (Å²) in [7, 11) is 0. The Morgan fingerprint density at radius 2 is 1.69 bits per heavy atom. The van der Waals surface area contributed by atoms with E-state index in [0.29, 0.717) is 6.42 Å². The number of amides is 1. The summed E-state index contributed by atoms with van der Waals surface area (Å²) in [5.74, 6) is 0.973. The van der Waals surface area contributed by atoms with E-state index in [0.717, 1.165) is 64.9 Å². The highest BCUT2D eigenvalue weighted by Gasteiger charge is 2.19. The van der Waals surface area contributed by atoms with E-state index in [-0.39, 0.29) is 5.91 Å². The molecule has 2 saturated heterocycles. The van der Waals surface area contributed by atoms with Crippen LogP contribution in [0.1, 0.15) is 24.8 Å². The van der Waals surface area contributed by atoms with Crippen molar-refractivity contribution in [1.29, 1.82) is 0 Å². The zero-order chi connectivity index (χ0) is 18.0. The van der Waals surface area contributed by atoms with Crippen LogP contribution in [0.2, 0.25) is 0 Å². The maximum absolute atomic E-state index is 12.1. The van der Waals surface area contributed by atoms with Crippen molar-refractivity contribution in [2.75, 3.05) is 59.0 Å². The number of nitrogens with one attached hydrogen (secondary N) is 1. The second-order valence-electron chi connectivity index (χ2n) is 7.53. The minimum Gasteiger partial charge on any atom is -0.379 e. The smallest absolute Gasteiger partial charge is 0.221 e. The van der Waals surface area contributed by atoms with Crippen molar-refractivity contribution in [1.82, 2.24) is 15.1 Å². The van der Waals surface area contributed by atoms with Crippen molar-refractivity contribution in [3.63, 3.8) is 0 Å². The third-order valence-corrected chi connectivity index (χ3v) is 5.58. The maximum Gasteiger partial charge on any atom is 0.221 e. The van der Waals surface area contributed by atoms with Crippen LogP contribution in [-0.2, 0) is 16.0 Å². The number of likely N-dealkylation sites (tertiary alicyclic amines) is 1. The molecule has 0 spiro atoms. The van der Waals surface area contributed by atoms with Gasteiger partial charge in [-0.2, -0.15) is 0 Å². The predicted molar refractivity (Wildman–Crippen MR) is 104 cm³/mol. The Kier molecular flexibility index (Phi) is 7.92. The summed E-state index contributed by atoms with van der Waals surface area (Å²) < 4.78 is 5.34. The molecule has 1 N–H and O–H groups in total. The summed E-state index contributed by atoms with van der Waals surface area (Å²) in [5, 5.41) is 3.06. The Balaban J connectivity index is 1.24. The van der Waals surface area contributed by atoms with Crippen molar-refractivity contribution in [3.05, 3.63) is 35.9 Å². The van der Waals surface area contributed by atoms with E-state index < -0.39 is 0 Å². The Morgan fingerprint density at radius 1 is 1.00 bits per heavy atom. The Bertz CT molecular complexity index is 523. The van der Waals surface area contributed by atoms with Crippen LogP contribution < -0.4 is 5.32 Å². The molecule has 3 rings (SSSR count). The van der Waals surface area contributed by atoms with Gasteiger partial charge in [0.05, 0.1) is 13.2 Å².